The van der Waals surface area contributed by atoms with Crippen molar-refractivity contribution < 1.29 is 4.74 Å². The van der Waals surface area contributed by atoms with E-state index < -0.39 is 0 Å². The maximum Gasteiger partial charge on any atom is 0.0621 e. The van der Waals surface area contributed by atoms with Gasteiger partial charge in [0.1, 0.15) is 0 Å². The molecule has 2 unspecified atom stereocenters. The zero-order chi connectivity index (χ0) is 11.4. The van der Waals surface area contributed by atoms with E-state index in [1.54, 1.807) is 0 Å². The first-order chi connectivity index (χ1) is 7.75. The fraction of sp³-hybridized carbons (Fsp3) is 0.583. The molecule has 1 aromatic heterocycles. The third-order valence-electron chi connectivity index (χ3n) is 3.00. The molecule has 0 radical (unpaired) electrons. The highest BCUT2D eigenvalue weighted by atomic mass is 16.5. The summed E-state index contributed by atoms with van der Waals surface area (Å²) in [5, 5.41) is 0. The second kappa shape index (κ2) is 5.39. The molecule has 2 heterocycles. The van der Waals surface area contributed by atoms with E-state index in [1.165, 1.54) is 5.56 Å². The van der Waals surface area contributed by atoms with E-state index in [0.29, 0.717) is 12.5 Å². The Balaban J connectivity index is 1.82. The molecular formula is C12H19N3O. The summed E-state index contributed by atoms with van der Waals surface area (Å²) in [5.74, 6) is 0.465. The lowest BCUT2D eigenvalue weighted by atomic mass is 10.0. The highest BCUT2D eigenvalue weighted by Gasteiger charge is 2.25. The standard InChI is InChI=1S/C12H19N3O/c1-15(6-10-2-4-14-5-3-10)7-11-8-16-9-12(11)13/h2-5,11-12H,6-9,13H2,1H3. The third kappa shape index (κ3) is 3.01. The van der Waals surface area contributed by atoms with Crippen LogP contribution < -0.4 is 5.73 Å². The smallest absolute Gasteiger partial charge is 0.0621 e. The fourth-order valence-electron chi connectivity index (χ4n) is 2.07. The first kappa shape index (κ1) is 11.5. The van der Waals surface area contributed by atoms with Gasteiger partial charge in [0.25, 0.3) is 0 Å². The quantitative estimate of drug-likeness (QED) is 0.804. The summed E-state index contributed by atoms with van der Waals surface area (Å²) in [6, 6.07) is 4.28. The minimum Gasteiger partial charge on any atom is -0.379 e. The van der Waals surface area contributed by atoms with Gasteiger partial charge in [-0.1, -0.05) is 0 Å². The monoisotopic (exact) mass is 221 g/mol. The van der Waals surface area contributed by atoms with Crippen LogP contribution in [0.5, 0.6) is 0 Å². The molecule has 0 saturated carbocycles. The molecule has 16 heavy (non-hydrogen) atoms. The average Bonchev–Trinajstić information content (AvgIpc) is 2.66. The summed E-state index contributed by atoms with van der Waals surface area (Å²) in [5.41, 5.74) is 7.24. The molecule has 0 spiro atoms. The molecule has 1 saturated heterocycles. The van der Waals surface area contributed by atoms with Crippen LogP contribution in [0.1, 0.15) is 5.56 Å². The maximum absolute atomic E-state index is 5.96. The number of aromatic nitrogens is 1. The van der Waals surface area contributed by atoms with Crippen LogP contribution in [0.15, 0.2) is 24.5 Å². The van der Waals surface area contributed by atoms with Crippen LogP contribution in [0.4, 0.5) is 0 Å². The van der Waals surface area contributed by atoms with E-state index >= 15 is 0 Å². The number of ether oxygens (including phenoxy) is 1. The van der Waals surface area contributed by atoms with E-state index in [-0.39, 0.29) is 6.04 Å². The Morgan fingerprint density at radius 2 is 2.19 bits per heavy atom. The van der Waals surface area contributed by atoms with Crippen LogP contribution in [-0.2, 0) is 11.3 Å². The molecule has 2 atom stereocenters. The lowest BCUT2D eigenvalue weighted by Gasteiger charge is -2.22. The van der Waals surface area contributed by atoms with E-state index in [4.69, 9.17) is 10.5 Å². The van der Waals surface area contributed by atoms with Gasteiger partial charge in [0.15, 0.2) is 0 Å². The van der Waals surface area contributed by atoms with Crippen LogP contribution in [0.2, 0.25) is 0 Å². The minimum absolute atomic E-state index is 0.194. The summed E-state index contributed by atoms with van der Waals surface area (Å²) < 4.78 is 5.36. The second-order valence-corrected chi connectivity index (χ2v) is 4.51. The number of hydrogen-bond donors (Lipinski definition) is 1. The van der Waals surface area contributed by atoms with Gasteiger partial charge in [-0.25, -0.2) is 0 Å². The minimum atomic E-state index is 0.194. The van der Waals surface area contributed by atoms with E-state index in [9.17, 15) is 0 Å². The molecule has 2 rings (SSSR count). The molecule has 2 N–H and O–H groups in total. The van der Waals surface area contributed by atoms with Gasteiger partial charge in [0, 0.05) is 37.4 Å². The van der Waals surface area contributed by atoms with Crippen molar-refractivity contribution >= 4 is 0 Å². The predicted octanol–water partition coefficient (Wildman–Crippen LogP) is 0.487. The molecule has 0 amide bonds. The van der Waals surface area contributed by atoms with Crippen LogP contribution in [0.3, 0.4) is 0 Å². The van der Waals surface area contributed by atoms with Gasteiger partial charge in [-0.15, -0.1) is 0 Å². The largest absolute Gasteiger partial charge is 0.379 e. The maximum atomic E-state index is 5.96. The third-order valence-corrected chi connectivity index (χ3v) is 3.00. The Bertz CT molecular complexity index is 317. The Labute approximate surface area is 96.4 Å². The number of rotatable bonds is 4. The number of hydrogen-bond acceptors (Lipinski definition) is 4. The van der Waals surface area contributed by atoms with E-state index in [1.807, 2.05) is 24.5 Å². The lowest BCUT2D eigenvalue weighted by Crippen LogP contribution is -2.36. The Morgan fingerprint density at radius 3 is 2.81 bits per heavy atom. The van der Waals surface area contributed by atoms with E-state index in [0.717, 1.165) is 19.7 Å². The van der Waals surface area contributed by atoms with Crippen LogP contribution in [0, 0.1) is 5.92 Å². The van der Waals surface area contributed by atoms with Gasteiger partial charge in [0.05, 0.1) is 13.2 Å². The van der Waals surface area contributed by atoms with Gasteiger partial charge in [-0.05, 0) is 24.7 Å². The van der Waals surface area contributed by atoms with Gasteiger partial charge in [-0.3, -0.25) is 4.98 Å². The molecule has 1 aliphatic rings. The molecule has 4 nitrogen and oxygen atoms in total. The first-order valence-corrected chi connectivity index (χ1v) is 5.66. The lowest BCUT2D eigenvalue weighted by molar-refractivity contribution is 0.172. The molecule has 0 bridgehead atoms. The molecule has 88 valence electrons. The first-order valence-electron chi connectivity index (χ1n) is 5.66. The Hall–Kier alpha value is -0.970. The van der Waals surface area contributed by atoms with Crippen molar-refractivity contribution in [2.45, 2.75) is 12.6 Å². The average molecular weight is 221 g/mol. The van der Waals surface area contributed by atoms with Crippen LogP contribution in [0.25, 0.3) is 0 Å². The molecule has 4 heteroatoms. The summed E-state index contributed by atoms with van der Waals surface area (Å²) in [6.45, 7) is 3.42. The molecule has 0 aliphatic carbocycles. The Kier molecular flexibility index (Phi) is 3.88. The van der Waals surface area contributed by atoms with Crippen molar-refractivity contribution in [3.63, 3.8) is 0 Å². The highest BCUT2D eigenvalue weighted by Crippen LogP contribution is 2.13. The van der Waals surface area contributed by atoms with Gasteiger partial charge in [-0.2, -0.15) is 0 Å². The van der Waals surface area contributed by atoms with Gasteiger partial charge in [0.2, 0.25) is 0 Å². The highest BCUT2D eigenvalue weighted by molar-refractivity contribution is 5.09. The zero-order valence-corrected chi connectivity index (χ0v) is 9.67. The molecule has 1 fully saturated rings. The fourth-order valence-corrected chi connectivity index (χ4v) is 2.07. The molecule has 1 aromatic rings. The number of pyridine rings is 1. The van der Waals surface area contributed by atoms with Crippen molar-refractivity contribution in [2.24, 2.45) is 11.7 Å². The van der Waals surface area contributed by atoms with Crippen molar-refractivity contribution in [2.75, 3.05) is 26.8 Å². The van der Waals surface area contributed by atoms with Crippen LogP contribution in [-0.4, -0.2) is 42.7 Å². The summed E-state index contributed by atoms with van der Waals surface area (Å²) in [7, 11) is 2.12. The Morgan fingerprint density at radius 1 is 1.44 bits per heavy atom. The summed E-state index contributed by atoms with van der Waals surface area (Å²) >= 11 is 0. The molecular weight excluding hydrogens is 202 g/mol. The SMILES string of the molecule is CN(Cc1ccncc1)CC1COCC1N. The van der Waals surface area contributed by atoms with Crippen molar-refractivity contribution in [3.8, 4) is 0 Å². The molecule has 0 aromatic carbocycles. The number of nitrogens with zero attached hydrogens (tertiary/aromatic N) is 2. The van der Waals surface area contributed by atoms with Crippen molar-refractivity contribution in [1.82, 2.24) is 9.88 Å². The van der Waals surface area contributed by atoms with Crippen molar-refractivity contribution in [1.29, 1.82) is 0 Å². The van der Waals surface area contributed by atoms with Crippen molar-refractivity contribution in [3.05, 3.63) is 30.1 Å². The predicted molar refractivity (Wildman–Crippen MR) is 62.9 cm³/mol. The second-order valence-electron chi connectivity index (χ2n) is 4.51. The normalized spacial score (nSPS) is 25.2. The van der Waals surface area contributed by atoms with Crippen LogP contribution >= 0.6 is 0 Å². The molecule has 1 aliphatic heterocycles. The van der Waals surface area contributed by atoms with Gasteiger partial charge >= 0.3 is 0 Å². The van der Waals surface area contributed by atoms with E-state index in [2.05, 4.69) is 16.9 Å². The van der Waals surface area contributed by atoms with Gasteiger partial charge < -0.3 is 15.4 Å². The summed E-state index contributed by atoms with van der Waals surface area (Å²) in [4.78, 5) is 6.30. The topological polar surface area (TPSA) is 51.4 Å². The zero-order valence-electron chi connectivity index (χ0n) is 9.67. The summed E-state index contributed by atoms with van der Waals surface area (Å²) in [6.07, 6.45) is 3.65. The number of nitrogens with two attached hydrogens (primary N) is 1.